The van der Waals surface area contributed by atoms with E-state index >= 15 is 0 Å². The minimum Gasteiger partial charge on any atom is -0.359 e. The van der Waals surface area contributed by atoms with Gasteiger partial charge in [0.1, 0.15) is 6.54 Å². The molecule has 0 bridgehead atoms. The van der Waals surface area contributed by atoms with E-state index in [1.807, 2.05) is 25.1 Å². The Morgan fingerprint density at radius 2 is 2.21 bits per heavy atom. The molecule has 0 atom stereocenters. The van der Waals surface area contributed by atoms with Gasteiger partial charge in [-0.05, 0) is 6.92 Å². The van der Waals surface area contributed by atoms with E-state index in [4.69, 9.17) is 0 Å². The van der Waals surface area contributed by atoms with Gasteiger partial charge in [-0.25, -0.2) is 0 Å². The molecule has 2 heterocycles. The number of rotatable bonds is 5. The molecule has 0 spiro atoms. The molecule has 9 heteroatoms. The van der Waals surface area contributed by atoms with Crippen molar-refractivity contribution < 1.29 is 9.59 Å². The molecule has 1 saturated heterocycles. The van der Waals surface area contributed by atoms with Crippen LogP contribution in [-0.4, -0.2) is 72.2 Å². The summed E-state index contributed by atoms with van der Waals surface area (Å²) in [6.45, 7) is 4.56. The maximum absolute atomic E-state index is 12.5. The first kappa shape index (κ1) is 17.8. The lowest BCUT2D eigenvalue weighted by Gasteiger charge is -2.35. The number of nitrogens with zero attached hydrogens (tertiary/aromatic N) is 5. The van der Waals surface area contributed by atoms with Crippen molar-refractivity contribution in [2.75, 3.05) is 44.7 Å². The molecule has 0 unspecified atom stereocenters. The van der Waals surface area contributed by atoms with E-state index < -0.39 is 0 Å². The number of carbonyl (C=O) groups excluding carboxylic acids is 2. The summed E-state index contributed by atoms with van der Waals surface area (Å²) in [6.07, 6.45) is 3.85. The molecule has 0 aromatic carbocycles. The molecule has 1 aliphatic heterocycles. The Kier molecular flexibility index (Phi) is 6.16. The second-order valence-electron chi connectivity index (χ2n) is 5.50. The summed E-state index contributed by atoms with van der Waals surface area (Å²) in [7, 11) is 3.43. The SMILES string of the molecule is CCNC(=NCCC(=O)NC)N1CCN(c2cnn(C)c2)C(=O)C1. The van der Waals surface area contributed by atoms with Crippen LogP contribution in [0.3, 0.4) is 0 Å². The number of anilines is 1. The van der Waals surface area contributed by atoms with Crippen molar-refractivity contribution >= 4 is 23.5 Å². The van der Waals surface area contributed by atoms with Gasteiger partial charge in [0, 0.05) is 46.3 Å². The van der Waals surface area contributed by atoms with E-state index in [0.29, 0.717) is 38.6 Å². The number of aromatic nitrogens is 2. The Bertz CT molecular complexity index is 611. The smallest absolute Gasteiger partial charge is 0.246 e. The van der Waals surface area contributed by atoms with Crippen LogP contribution in [0.25, 0.3) is 0 Å². The molecule has 24 heavy (non-hydrogen) atoms. The highest BCUT2D eigenvalue weighted by Crippen LogP contribution is 2.16. The fourth-order valence-electron chi connectivity index (χ4n) is 2.49. The van der Waals surface area contributed by atoms with Gasteiger partial charge in [-0.1, -0.05) is 0 Å². The minimum atomic E-state index is -0.0490. The van der Waals surface area contributed by atoms with Crippen molar-refractivity contribution in [3.05, 3.63) is 12.4 Å². The number of hydrogen-bond donors (Lipinski definition) is 2. The standard InChI is InChI=1S/C15H25N7O2/c1-4-17-15(18-6-5-13(23)16-2)21-7-8-22(14(24)11-21)12-9-19-20(3)10-12/h9-10H,4-8,11H2,1-3H3,(H,16,23)(H,17,18). The van der Waals surface area contributed by atoms with E-state index in [1.165, 1.54) is 0 Å². The summed E-state index contributed by atoms with van der Waals surface area (Å²) in [5.74, 6) is 0.624. The summed E-state index contributed by atoms with van der Waals surface area (Å²) in [4.78, 5) is 31.8. The lowest BCUT2D eigenvalue weighted by atomic mass is 10.3. The maximum Gasteiger partial charge on any atom is 0.246 e. The number of hydrogen-bond acceptors (Lipinski definition) is 4. The summed E-state index contributed by atoms with van der Waals surface area (Å²) in [5, 5.41) is 9.86. The highest BCUT2D eigenvalue weighted by atomic mass is 16.2. The second kappa shape index (κ2) is 8.32. The number of aliphatic imine (C=N–C) groups is 1. The van der Waals surface area contributed by atoms with Crippen LogP contribution in [0.4, 0.5) is 5.69 Å². The third-order valence-electron chi connectivity index (χ3n) is 3.74. The molecule has 2 N–H and O–H groups in total. The minimum absolute atomic E-state index is 0.00570. The topological polar surface area (TPSA) is 94.9 Å². The first-order valence-electron chi connectivity index (χ1n) is 8.08. The number of guanidine groups is 1. The lowest BCUT2D eigenvalue weighted by Crippen LogP contribution is -2.55. The Morgan fingerprint density at radius 1 is 1.42 bits per heavy atom. The lowest BCUT2D eigenvalue weighted by molar-refractivity contribution is -0.121. The molecule has 2 amide bonds. The van der Waals surface area contributed by atoms with Crippen LogP contribution in [0.15, 0.2) is 17.4 Å². The Labute approximate surface area is 141 Å². The van der Waals surface area contributed by atoms with Crippen LogP contribution in [0.5, 0.6) is 0 Å². The van der Waals surface area contributed by atoms with Gasteiger partial charge in [0.25, 0.3) is 0 Å². The number of carbonyl (C=O) groups is 2. The van der Waals surface area contributed by atoms with E-state index in [1.54, 1.807) is 22.8 Å². The van der Waals surface area contributed by atoms with Crippen molar-refractivity contribution in [1.82, 2.24) is 25.3 Å². The molecular formula is C15H25N7O2. The molecule has 132 valence electrons. The third-order valence-corrected chi connectivity index (χ3v) is 3.74. The predicted molar refractivity (Wildman–Crippen MR) is 91.8 cm³/mol. The Balaban J connectivity index is 1.99. The van der Waals surface area contributed by atoms with E-state index in [2.05, 4.69) is 20.7 Å². The van der Waals surface area contributed by atoms with Crippen LogP contribution < -0.4 is 15.5 Å². The quantitative estimate of drug-likeness (QED) is 0.541. The molecule has 9 nitrogen and oxygen atoms in total. The summed E-state index contributed by atoms with van der Waals surface area (Å²) in [5.41, 5.74) is 0.809. The zero-order chi connectivity index (χ0) is 17.5. The largest absolute Gasteiger partial charge is 0.359 e. The molecule has 0 saturated carbocycles. The Morgan fingerprint density at radius 3 is 2.79 bits per heavy atom. The average Bonchev–Trinajstić information content (AvgIpc) is 2.99. The summed E-state index contributed by atoms with van der Waals surface area (Å²) in [6, 6.07) is 0. The predicted octanol–water partition coefficient (Wildman–Crippen LogP) is -0.830. The number of nitrogens with one attached hydrogen (secondary N) is 2. The van der Waals surface area contributed by atoms with Crippen molar-refractivity contribution in [3.8, 4) is 0 Å². The van der Waals surface area contributed by atoms with Gasteiger partial charge in [-0.15, -0.1) is 0 Å². The fraction of sp³-hybridized carbons (Fsp3) is 0.600. The zero-order valence-corrected chi connectivity index (χ0v) is 14.4. The molecule has 1 aromatic heterocycles. The monoisotopic (exact) mass is 335 g/mol. The van der Waals surface area contributed by atoms with Gasteiger partial charge in [0.05, 0.1) is 18.4 Å². The van der Waals surface area contributed by atoms with Crippen LogP contribution in [-0.2, 0) is 16.6 Å². The van der Waals surface area contributed by atoms with Gasteiger partial charge in [-0.2, -0.15) is 5.10 Å². The highest BCUT2D eigenvalue weighted by molar-refractivity contribution is 5.98. The van der Waals surface area contributed by atoms with Gasteiger partial charge >= 0.3 is 0 Å². The van der Waals surface area contributed by atoms with E-state index in [0.717, 1.165) is 5.69 Å². The molecule has 2 rings (SSSR count). The van der Waals surface area contributed by atoms with E-state index in [9.17, 15) is 9.59 Å². The molecule has 0 radical (unpaired) electrons. The van der Waals surface area contributed by atoms with E-state index in [-0.39, 0.29) is 18.4 Å². The highest BCUT2D eigenvalue weighted by Gasteiger charge is 2.27. The maximum atomic E-state index is 12.5. The van der Waals surface area contributed by atoms with Gasteiger partial charge in [0.15, 0.2) is 5.96 Å². The molecule has 1 aromatic rings. The molecule has 1 aliphatic rings. The van der Waals surface area contributed by atoms with Crippen LogP contribution in [0.2, 0.25) is 0 Å². The van der Waals surface area contributed by atoms with Crippen LogP contribution >= 0.6 is 0 Å². The number of aryl methyl sites for hydroxylation is 1. The summed E-state index contributed by atoms with van der Waals surface area (Å²) >= 11 is 0. The summed E-state index contributed by atoms with van der Waals surface area (Å²) < 4.78 is 1.68. The van der Waals surface area contributed by atoms with Gasteiger partial charge < -0.3 is 20.4 Å². The fourth-order valence-corrected chi connectivity index (χ4v) is 2.49. The zero-order valence-electron chi connectivity index (χ0n) is 14.4. The third kappa shape index (κ3) is 4.46. The van der Waals surface area contributed by atoms with Crippen LogP contribution in [0, 0.1) is 0 Å². The van der Waals surface area contributed by atoms with Crippen molar-refractivity contribution in [2.45, 2.75) is 13.3 Å². The average molecular weight is 335 g/mol. The first-order chi connectivity index (χ1) is 11.5. The second-order valence-corrected chi connectivity index (χ2v) is 5.50. The van der Waals surface area contributed by atoms with Crippen molar-refractivity contribution in [3.63, 3.8) is 0 Å². The van der Waals surface area contributed by atoms with Crippen molar-refractivity contribution in [1.29, 1.82) is 0 Å². The number of amides is 2. The van der Waals surface area contributed by atoms with Crippen LogP contribution in [0.1, 0.15) is 13.3 Å². The number of piperazine rings is 1. The normalized spacial score (nSPS) is 15.6. The Hall–Kier alpha value is -2.58. The van der Waals surface area contributed by atoms with Gasteiger partial charge in [-0.3, -0.25) is 19.3 Å². The molecule has 1 fully saturated rings. The van der Waals surface area contributed by atoms with Crippen molar-refractivity contribution in [2.24, 2.45) is 12.0 Å². The molecule has 0 aliphatic carbocycles. The first-order valence-corrected chi connectivity index (χ1v) is 8.08. The molecular weight excluding hydrogens is 310 g/mol. The van der Waals surface area contributed by atoms with Gasteiger partial charge in [0.2, 0.25) is 11.8 Å².